The first-order valence-electron chi connectivity index (χ1n) is 10.7. The number of amides is 2. The van der Waals surface area contributed by atoms with Crippen LogP contribution in [0, 0.1) is 23.2 Å². The van der Waals surface area contributed by atoms with E-state index in [0.29, 0.717) is 38.5 Å². The molecule has 6 nitrogen and oxygen atoms in total. The lowest BCUT2D eigenvalue weighted by atomic mass is 9.49. The Bertz CT molecular complexity index is 955. The summed E-state index contributed by atoms with van der Waals surface area (Å²) in [6.45, 7) is 0. The van der Waals surface area contributed by atoms with Crippen molar-refractivity contribution < 1.29 is 19.1 Å². The molecule has 164 valence electrons. The van der Waals surface area contributed by atoms with E-state index in [-0.39, 0.29) is 17.2 Å². The standard InChI is InChI=1S/C23H26N2O4S2/c1-28-17-3-4-18(29-2)16(8-17)9-19-20(26)25(22(30)31-19)24-21(27)23-10-13-5-14(11-23)7-15(6-13)12-23/h3-4,8-9,13-15H,5-7,10-12H2,1-2H3,(H,24,27)/b19-9+. The Balaban J connectivity index is 1.35. The molecule has 5 aliphatic rings. The van der Waals surface area contributed by atoms with Crippen molar-refractivity contribution in [3.8, 4) is 11.5 Å². The van der Waals surface area contributed by atoms with E-state index in [1.54, 1.807) is 38.5 Å². The van der Waals surface area contributed by atoms with E-state index >= 15 is 0 Å². The predicted octanol–water partition coefficient (Wildman–Crippen LogP) is 4.15. The average molecular weight is 459 g/mol. The number of hydrogen-bond donors (Lipinski definition) is 1. The van der Waals surface area contributed by atoms with Crippen molar-refractivity contribution in [2.75, 3.05) is 14.2 Å². The van der Waals surface area contributed by atoms with E-state index in [4.69, 9.17) is 21.7 Å². The molecule has 1 aromatic rings. The Hall–Kier alpha value is -2.06. The summed E-state index contributed by atoms with van der Waals surface area (Å²) in [6.07, 6.45) is 8.34. The Morgan fingerprint density at radius 2 is 1.81 bits per heavy atom. The molecule has 2 amide bonds. The molecule has 6 rings (SSSR count). The Kier molecular flexibility index (Phi) is 5.25. The number of carbonyl (C=O) groups excluding carboxylic acids is 2. The summed E-state index contributed by atoms with van der Waals surface area (Å²) < 4.78 is 11.0. The summed E-state index contributed by atoms with van der Waals surface area (Å²) >= 11 is 6.62. The largest absolute Gasteiger partial charge is 0.497 e. The Labute approximate surface area is 191 Å². The molecular formula is C23H26N2O4S2. The molecule has 4 aliphatic carbocycles. The lowest BCUT2D eigenvalue weighted by Crippen LogP contribution is -2.57. The number of benzene rings is 1. The number of carbonyl (C=O) groups is 2. The minimum Gasteiger partial charge on any atom is -0.497 e. The van der Waals surface area contributed by atoms with E-state index in [0.717, 1.165) is 24.8 Å². The van der Waals surface area contributed by atoms with Crippen LogP contribution in [-0.4, -0.2) is 35.4 Å². The maximum Gasteiger partial charge on any atom is 0.285 e. The maximum absolute atomic E-state index is 13.4. The van der Waals surface area contributed by atoms with Crippen molar-refractivity contribution >= 4 is 46.2 Å². The summed E-state index contributed by atoms with van der Waals surface area (Å²) in [7, 11) is 3.17. The predicted molar refractivity (Wildman–Crippen MR) is 123 cm³/mol. The zero-order chi connectivity index (χ0) is 21.8. The zero-order valence-electron chi connectivity index (χ0n) is 17.7. The molecule has 1 aliphatic heterocycles. The fourth-order valence-electron chi connectivity index (χ4n) is 6.27. The Morgan fingerprint density at radius 1 is 1.16 bits per heavy atom. The third-order valence-corrected chi connectivity index (χ3v) is 8.55. The van der Waals surface area contributed by atoms with Crippen LogP contribution in [0.2, 0.25) is 0 Å². The third kappa shape index (κ3) is 3.63. The van der Waals surface area contributed by atoms with Gasteiger partial charge >= 0.3 is 0 Å². The molecule has 1 N–H and O–H groups in total. The minimum atomic E-state index is -0.336. The van der Waals surface area contributed by atoms with Crippen LogP contribution < -0.4 is 14.9 Å². The molecule has 1 saturated heterocycles. The molecule has 1 aromatic carbocycles. The van der Waals surface area contributed by atoms with Crippen molar-refractivity contribution in [1.29, 1.82) is 0 Å². The van der Waals surface area contributed by atoms with Crippen molar-refractivity contribution in [3.63, 3.8) is 0 Å². The van der Waals surface area contributed by atoms with Gasteiger partial charge in [0.2, 0.25) is 5.91 Å². The van der Waals surface area contributed by atoms with Gasteiger partial charge in [-0.2, -0.15) is 5.01 Å². The lowest BCUT2D eigenvalue weighted by Gasteiger charge is -2.55. The van der Waals surface area contributed by atoms with Gasteiger partial charge in [-0.25, -0.2) is 0 Å². The number of methoxy groups -OCH3 is 2. The van der Waals surface area contributed by atoms with Gasteiger partial charge < -0.3 is 9.47 Å². The highest BCUT2D eigenvalue weighted by atomic mass is 32.2. The normalized spacial score (nSPS) is 32.6. The first-order valence-corrected chi connectivity index (χ1v) is 11.9. The summed E-state index contributed by atoms with van der Waals surface area (Å²) in [5.41, 5.74) is 3.27. The second-order valence-electron chi connectivity index (χ2n) is 9.26. The lowest BCUT2D eigenvalue weighted by molar-refractivity contribution is -0.152. The van der Waals surface area contributed by atoms with E-state index in [1.165, 1.54) is 36.0 Å². The highest BCUT2D eigenvalue weighted by Gasteiger charge is 2.55. The minimum absolute atomic E-state index is 0.0388. The van der Waals surface area contributed by atoms with Gasteiger partial charge in [-0.1, -0.05) is 11.8 Å². The first kappa shape index (κ1) is 20.8. The molecule has 0 aromatic heterocycles. The maximum atomic E-state index is 13.4. The number of hydrazine groups is 1. The molecule has 5 fully saturated rings. The molecule has 1 heterocycles. The molecule has 4 bridgehead atoms. The molecule has 0 radical (unpaired) electrons. The van der Waals surface area contributed by atoms with Gasteiger partial charge in [0.05, 0.1) is 24.5 Å². The molecule has 0 unspecified atom stereocenters. The fraction of sp³-hybridized carbons (Fsp3) is 0.522. The van der Waals surface area contributed by atoms with Gasteiger partial charge in [-0.3, -0.25) is 15.0 Å². The van der Waals surface area contributed by atoms with Crippen molar-refractivity contribution in [3.05, 3.63) is 28.7 Å². The Morgan fingerprint density at radius 3 is 2.39 bits per heavy atom. The van der Waals surface area contributed by atoms with Gasteiger partial charge in [-0.05, 0) is 92.8 Å². The van der Waals surface area contributed by atoms with E-state index in [1.807, 2.05) is 0 Å². The van der Waals surface area contributed by atoms with Crippen molar-refractivity contribution in [2.45, 2.75) is 38.5 Å². The van der Waals surface area contributed by atoms with Gasteiger partial charge in [0.15, 0.2) is 4.32 Å². The van der Waals surface area contributed by atoms with E-state index in [9.17, 15) is 9.59 Å². The SMILES string of the molecule is COc1ccc(OC)c(/C=C2/SC(=S)N(NC(=O)C34CC5CC(CC(C5)C3)C4)C2=O)c1. The number of nitrogens with zero attached hydrogens (tertiary/aromatic N) is 1. The van der Waals surface area contributed by atoms with Gasteiger partial charge in [0, 0.05) is 5.56 Å². The summed E-state index contributed by atoms with van der Waals surface area (Å²) in [6, 6.07) is 5.40. The first-order chi connectivity index (χ1) is 14.9. The van der Waals surface area contributed by atoms with E-state index < -0.39 is 0 Å². The molecule has 4 saturated carbocycles. The van der Waals surface area contributed by atoms with Crippen LogP contribution >= 0.6 is 24.0 Å². The third-order valence-electron chi connectivity index (χ3n) is 7.25. The summed E-state index contributed by atoms with van der Waals surface area (Å²) in [5, 5.41) is 1.25. The van der Waals surface area contributed by atoms with Crippen LogP contribution in [0.5, 0.6) is 11.5 Å². The van der Waals surface area contributed by atoms with Gasteiger partial charge in [0.1, 0.15) is 11.5 Å². The summed E-state index contributed by atoms with van der Waals surface area (Å²) in [4.78, 5) is 26.9. The summed E-state index contributed by atoms with van der Waals surface area (Å²) in [5.74, 6) is 2.91. The fourth-order valence-corrected chi connectivity index (χ4v) is 7.44. The monoisotopic (exact) mass is 458 g/mol. The molecular weight excluding hydrogens is 432 g/mol. The van der Waals surface area contributed by atoms with Crippen LogP contribution in [0.3, 0.4) is 0 Å². The molecule has 0 spiro atoms. The quantitative estimate of drug-likeness (QED) is 0.528. The number of hydrogen-bond acceptors (Lipinski definition) is 6. The van der Waals surface area contributed by atoms with Crippen LogP contribution in [0.1, 0.15) is 44.1 Å². The van der Waals surface area contributed by atoms with Gasteiger partial charge in [-0.15, -0.1) is 0 Å². The van der Waals surface area contributed by atoms with Crippen LogP contribution in [-0.2, 0) is 9.59 Å². The highest BCUT2D eigenvalue weighted by molar-refractivity contribution is 8.26. The average Bonchev–Trinajstić information content (AvgIpc) is 3.00. The molecule has 0 atom stereocenters. The highest BCUT2D eigenvalue weighted by Crippen LogP contribution is 2.60. The second kappa shape index (κ2) is 7.81. The second-order valence-corrected chi connectivity index (χ2v) is 10.9. The number of ether oxygens (including phenoxy) is 2. The van der Waals surface area contributed by atoms with Crippen molar-refractivity contribution in [1.82, 2.24) is 10.4 Å². The number of nitrogens with one attached hydrogen (secondary N) is 1. The van der Waals surface area contributed by atoms with Crippen LogP contribution in [0.25, 0.3) is 6.08 Å². The molecule has 31 heavy (non-hydrogen) atoms. The smallest absolute Gasteiger partial charge is 0.285 e. The van der Waals surface area contributed by atoms with Gasteiger partial charge in [0.25, 0.3) is 5.91 Å². The number of rotatable bonds is 5. The number of thioether (sulfide) groups is 1. The molecule has 8 heteroatoms. The topological polar surface area (TPSA) is 67.9 Å². The van der Waals surface area contributed by atoms with E-state index in [2.05, 4.69) is 5.43 Å². The zero-order valence-corrected chi connectivity index (χ0v) is 19.3. The van der Waals surface area contributed by atoms with Crippen molar-refractivity contribution in [2.24, 2.45) is 23.2 Å². The number of thiocarbonyl (C=S) groups is 1. The van der Waals surface area contributed by atoms with Crippen LogP contribution in [0.15, 0.2) is 23.1 Å². The van der Waals surface area contributed by atoms with Crippen LogP contribution in [0.4, 0.5) is 0 Å².